The van der Waals surface area contributed by atoms with Gasteiger partial charge in [0.25, 0.3) is 0 Å². The zero-order valence-electron chi connectivity index (χ0n) is 15.6. The van der Waals surface area contributed by atoms with Crippen molar-refractivity contribution in [2.24, 2.45) is 7.05 Å². The van der Waals surface area contributed by atoms with Gasteiger partial charge in [-0.25, -0.2) is 4.79 Å². The summed E-state index contributed by atoms with van der Waals surface area (Å²) in [6, 6.07) is 14.0. The van der Waals surface area contributed by atoms with Gasteiger partial charge >= 0.3 is 5.69 Å². The van der Waals surface area contributed by atoms with Crippen molar-refractivity contribution in [3.63, 3.8) is 0 Å². The van der Waals surface area contributed by atoms with Crippen LogP contribution in [-0.2, 0) is 13.7 Å². The second-order valence-corrected chi connectivity index (χ2v) is 7.52. The molecule has 0 unspecified atom stereocenters. The standard InChI is InChI=1S/C20H14Cl3N5O2/c1-27-20(29)28(26-25-27)18-7-4-5-14(21)13(18)11-30-19-10-15(22)12(9-16(19)23)17-6-2-3-8-24-17/h2-10H,11H2,1H3. The van der Waals surface area contributed by atoms with Crippen LogP contribution >= 0.6 is 34.8 Å². The quantitative estimate of drug-likeness (QED) is 0.434. The molecule has 0 bridgehead atoms. The third-order valence-electron chi connectivity index (χ3n) is 4.38. The number of hydrogen-bond acceptors (Lipinski definition) is 5. The molecular formula is C20H14Cl3N5O2. The first kappa shape index (κ1) is 20.4. The average Bonchev–Trinajstić information content (AvgIpc) is 3.08. The van der Waals surface area contributed by atoms with Crippen molar-refractivity contribution in [3.05, 3.63) is 85.8 Å². The van der Waals surface area contributed by atoms with E-state index in [9.17, 15) is 4.79 Å². The van der Waals surface area contributed by atoms with Crippen molar-refractivity contribution in [1.29, 1.82) is 0 Å². The van der Waals surface area contributed by atoms with Crippen molar-refractivity contribution in [3.8, 4) is 22.7 Å². The molecule has 2 aromatic carbocycles. The van der Waals surface area contributed by atoms with E-state index in [1.807, 2.05) is 18.2 Å². The zero-order chi connectivity index (χ0) is 21.3. The zero-order valence-corrected chi connectivity index (χ0v) is 17.9. The van der Waals surface area contributed by atoms with Crippen molar-refractivity contribution < 1.29 is 4.74 Å². The minimum absolute atomic E-state index is 0.0387. The number of hydrogen-bond donors (Lipinski definition) is 0. The summed E-state index contributed by atoms with van der Waals surface area (Å²) in [7, 11) is 1.51. The molecule has 0 fully saturated rings. The van der Waals surface area contributed by atoms with Crippen LogP contribution < -0.4 is 10.4 Å². The summed E-state index contributed by atoms with van der Waals surface area (Å²) in [6.07, 6.45) is 1.68. The molecule has 4 rings (SSSR count). The second kappa shape index (κ2) is 8.47. The second-order valence-electron chi connectivity index (χ2n) is 6.30. The third-order valence-corrected chi connectivity index (χ3v) is 5.34. The van der Waals surface area contributed by atoms with Gasteiger partial charge in [-0.3, -0.25) is 4.98 Å². The molecule has 152 valence electrons. The highest BCUT2D eigenvalue weighted by Gasteiger charge is 2.16. The third kappa shape index (κ3) is 3.92. The first-order valence-electron chi connectivity index (χ1n) is 8.75. The monoisotopic (exact) mass is 461 g/mol. The number of ether oxygens (including phenoxy) is 1. The molecule has 0 amide bonds. The van der Waals surface area contributed by atoms with E-state index in [0.717, 1.165) is 9.36 Å². The lowest BCUT2D eigenvalue weighted by atomic mass is 10.1. The van der Waals surface area contributed by atoms with Crippen LogP contribution in [0.4, 0.5) is 0 Å². The van der Waals surface area contributed by atoms with Gasteiger partial charge in [0.1, 0.15) is 12.4 Å². The van der Waals surface area contributed by atoms with E-state index in [-0.39, 0.29) is 6.61 Å². The fourth-order valence-corrected chi connectivity index (χ4v) is 3.55. The number of tetrazole rings is 1. The van der Waals surface area contributed by atoms with E-state index in [1.165, 1.54) is 7.05 Å². The molecule has 10 heteroatoms. The maximum absolute atomic E-state index is 12.3. The molecule has 0 aliphatic heterocycles. The number of aryl methyl sites for hydroxylation is 1. The van der Waals surface area contributed by atoms with Crippen LogP contribution in [0.25, 0.3) is 16.9 Å². The minimum atomic E-state index is -0.403. The smallest absolute Gasteiger partial charge is 0.368 e. The summed E-state index contributed by atoms with van der Waals surface area (Å²) in [4.78, 5) is 16.5. The number of aromatic nitrogens is 5. The first-order chi connectivity index (χ1) is 14.5. The Balaban J connectivity index is 1.66. The Labute approximate surface area is 186 Å². The summed E-state index contributed by atoms with van der Waals surface area (Å²) in [6.45, 7) is 0.0387. The van der Waals surface area contributed by atoms with E-state index in [4.69, 9.17) is 39.5 Å². The van der Waals surface area contributed by atoms with Crippen molar-refractivity contribution in [2.75, 3.05) is 0 Å². The molecule has 30 heavy (non-hydrogen) atoms. The fourth-order valence-electron chi connectivity index (χ4n) is 2.86. The lowest BCUT2D eigenvalue weighted by Gasteiger charge is -2.14. The maximum atomic E-state index is 12.3. The molecule has 0 atom stereocenters. The van der Waals surface area contributed by atoms with Gasteiger partial charge in [-0.05, 0) is 40.8 Å². The van der Waals surface area contributed by atoms with Crippen molar-refractivity contribution in [1.82, 2.24) is 24.8 Å². The lowest BCUT2D eigenvalue weighted by Crippen LogP contribution is -2.23. The Morgan fingerprint density at radius 3 is 2.50 bits per heavy atom. The number of benzene rings is 2. The van der Waals surface area contributed by atoms with Gasteiger partial charge in [-0.2, -0.15) is 9.36 Å². The van der Waals surface area contributed by atoms with Crippen LogP contribution in [0.2, 0.25) is 15.1 Å². The Hall–Kier alpha value is -2.87. The summed E-state index contributed by atoms with van der Waals surface area (Å²) >= 11 is 19.2. The summed E-state index contributed by atoms with van der Waals surface area (Å²) in [5.74, 6) is 0.374. The number of halogens is 3. The predicted octanol–water partition coefficient (Wildman–Crippen LogP) is 4.57. The number of pyridine rings is 1. The van der Waals surface area contributed by atoms with E-state index in [2.05, 4.69) is 15.4 Å². The molecule has 0 aliphatic rings. The Morgan fingerprint density at radius 1 is 0.967 bits per heavy atom. The summed E-state index contributed by atoms with van der Waals surface area (Å²) in [5.41, 5.74) is 2.01. The molecule has 4 aromatic rings. The van der Waals surface area contributed by atoms with Gasteiger partial charge in [0.05, 0.1) is 21.4 Å². The molecule has 0 N–H and O–H groups in total. The molecule has 0 saturated heterocycles. The highest BCUT2D eigenvalue weighted by Crippen LogP contribution is 2.37. The van der Waals surface area contributed by atoms with E-state index < -0.39 is 5.69 Å². The fraction of sp³-hybridized carbons (Fsp3) is 0.100. The van der Waals surface area contributed by atoms with E-state index in [1.54, 1.807) is 36.5 Å². The molecule has 0 aliphatic carbocycles. The summed E-state index contributed by atoms with van der Waals surface area (Å²) < 4.78 is 8.17. The van der Waals surface area contributed by atoms with Gasteiger partial charge in [-0.1, -0.05) is 46.9 Å². The number of nitrogens with zero attached hydrogens (tertiary/aromatic N) is 5. The molecule has 0 spiro atoms. The molecule has 7 nitrogen and oxygen atoms in total. The molecular weight excluding hydrogens is 449 g/mol. The van der Waals surface area contributed by atoms with Crippen molar-refractivity contribution >= 4 is 34.8 Å². The van der Waals surface area contributed by atoms with Crippen LogP contribution in [0.15, 0.2) is 59.5 Å². The Bertz CT molecular complexity index is 1270. The van der Waals surface area contributed by atoms with Crippen LogP contribution in [0.3, 0.4) is 0 Å². The topological polar surface area (TPSA) is 74.8 Å². The molecule has 2 heterocycles. The molecule has 0 saturated carbocycles. The maximum Gasteiger partial charge on any atom is 0.368 e. The van der Waals surface area contributed by atoms with Crippen molar-refractivity contribution in [2.45, 2.75) is 6.61 Å². The van der Waals surface area contributed by atoms with Crippen LogP contribution in [0.1, 0.15) is 5.56 Å². The SMILES string of the molecule is Cn1nnn(-c2cccc(Cl)c2COc2cc(Cl)c(-c3ccccn3)cc2Cl)c1=O. The van der Waals surface area contributed by atoms with Crippen LogP contribution in [-0.4, -0.2) is 24.8 Å². The van der Waals surface area contributed by atoms with Gasteiger partial charge in [0.2, 0.25) is 0 Å². The summed E-state index contributed by atoms with van der Waals surface area (Å²) in [5, 5.41) is 8.83. The van der Waals surface area contributed by atoms with Crippen LogP contribution in [0.5, 0.6) is 5.75 Å². The predicted molar refractivity (Wildman–Crippen MR) is 116 cm³/mol. The van der Waals surface area contributed by atoms with Gasteiger partial charge in [0, 0.05) is 35.5 Å². The van der Waals surface area contributed by atoms with E-state index >= 15 is 0 Å². The van der Waals surface area contributed by atoms with Gasteiger partial charge < -0.3 is 4.74 Å². The average molecular weight is 463 g/mol. The minimum Gasteiger partial charge on any atom is -0.487 e. The van der Waals surface area contributed by atoms with Gasteiger partial charge in [0.15, 0.2) is 0 Å². The Morgan fingerprint density at radius 2 is 1.80 bits per heavy atom. The lowest BCUT2D eigenvalue weighted by molar-refractivity contribution is 0.306. The first-order valence-corrected chi connectivity index (χ1v) is 9.89. The highest BCUT2D eigenvalue weighted by molar-refractivity contribution is 6.36. The largest absolute Gasteiger partial charge is 0.487 e. The molecule has 0 radical (unpaired) electrons. The van der Waals surface area contributed by atoms with Gasteiger partial charge in [-0.15, -0.1) is 0 Å². The van der Waals surface area contributed by atoms with Crippen LogP contribution in [0, 0.1) is 0 Å². The Kier molecular flexibility index (Phi) is 5.76. The highest BCUT2D eigenvalue weighted by atomic mass is 35.5. The molecule has 2 aromatic heterocycles. The number of rotatable bonds is 5. The normalized spacial score (nSPS) is 10.9. The van der Waals surface area contributed by atoms with E-state index in [0.29, 0.717) is 43.3 Å².